The van der Waals surface area contributed by atoms with Crippen LogP contribution in [-0.4, -0.2) is 29.0 Å². The summed E-state index contributed by atoms with van der Waals surface area (Å²) in [6, 6.07) is -0.700. The first-order chi connectivity index (χ1) is 5.48. The molecule has 6 nitrogen and oxygen atoms in total. The van der Waals surface area contributed by atoms with Crippen molar-refractivity contribution in [1.82, 2.24) is 4.90 Å². The highest BCUT2D eigenvalue weighted by Crippen LogP contribution is 2.23. The van der Waals surface area contributed by atoms with Crippen LogP contribution in [-0.2, 0) is 4.79 Å². The monoisotopic (exact) mass is 172 g/mol. The molecule has 0 aliphatic carbocycles. The minimum Gasteiger partial charge on any atom is -0.366 e. The van der Waals surface area contributed by atoms with Gasteiger partial charge in [-0.05, 0) is 12.8 Å². The lowest BCUT2D eigenvalue weighted by molar-refractivity contribution is -0.126. The van der Waals surface area contributed by atoms with E-state index in [1.165, 1.54) is 0 Å². The third-order valence-corrected chi connectivity index (χ3v) is 2.11. The van der Waals surface area contributed by atoms with E-state index in [4.69, 9.17) is 17.2 Å². The van der Waals surface area contributed by atoms with E-state index < -0.39 is 17.6 Å². The van der Waals surface area contributed by atoms with Crippen LogP contribution >= 0.6 is 0 Å². The highest BCUT2D eigenvalue weighted by Gasteiger charge is 2.44. The summed E-state index contributed by atoms with van der Waals surface area (Å²) in [4.78, 5) is 22.8. The number of rotatable bonds is 1. The summed E-state index contributed by atoms with van der Waals surface area (Å²) >= 11 is 0. The molecule has 0 aromatic rings. The second-order valence-corrected chi connectivity index (χ2v) is 2.88. The highest BCUT2D eigenvalue weighted by atomic mass is 16.2. The quantitative estimate of drug-likeness (QED) is 0.437. The molecule has 0 spiro atoms. The molecular weight excluding hydrogens is 160 g/mol. The van der Waals surface area contributed by atoms with Crippen LogP contribution in [0.15, 0.2) is 0 Å². The van der Waals surface area contributed by atoms with Gasteiger partial charge in [-0.3, -0.25) is 9.69 Å². The van der Waals surface area contributed by atoms with Crippen molar-refractivity contribution in [1.29, 1.82) is 0 Å². The molecule has 1 atom stereocenters. The Hall–Kier alpha value is -1.30. The Morgan fingerprint density at radius 3 is 2.25 bits per heavy atom. The number of carbonyl (C=O) groups excluding carboxylic acids is 2. The molecule has 1 aliphatic heterocycles. The van der Waals surface area contributed by atoms with Crippen molar-refractivity contribution in [3.63, 3.8) is 0 Å². The van der Waals surface area contributed by atoms with Crippen molar-refractivity contribution in [2.75, 3.05) is 6.54 Å². The number of hydrogen-bond donors (Lipinski definition) is 3. The van der Waals surface area contributed by atoms with E-state index in [1.54, 1.807) is 0 Å². The number of nitrogens with two attached hydrogens (primary N) is 3. The van der Waals surface area contributed by atoms with Crippen molar-refractivity contribution in [2.24, 2.45) is 17.2 Å². The fourth-order valence-corrected chi connectivity index (χ4v) is 1.40. The third kappa shape index (κ3) is 1.10. The van der Waals surface area contributed by atoms with Crippen LogP contribution in [0.2, 0.25) is 0 Å². The van der Waals surface area contributed by atoms with Crippen molar-refractivity contribution < 1.29 is 9.59 Å². The molecule has 0 aromatic carbocycles. The lowest BCUT2D eigenvalue weighted by atomic mass is 10.1. The number of nitrogens with zero attached hydrogens (tertiary/aromatic N) is 1. The molecular formula is C6H12N4O2. The Morgan fingerprint density at radius 1 is 1.33 bits per heavy atom. The van der Waals surface area contributed by atoms with E-state index >= 15 is 0 Å². The van der Waals surface area contributed by atoms with E-state index in [0.717, 1.165) is 4.90 Å². The number of likely N-dealkylation sites (tertiary alicyclic amines) is 1. The maximum Gasteiger partial charge on any atom is 0.316 e. The molecule has 1 heterocycles. The van der Waals surface area contributed by atoms with E-state index in [0.29, 0.717) is 19.4 Å². The number of primary amides is 2. The SMILES string of the molecule is NC(=O)N1CCCC1(N)C(N)=O. The molecule has 0 radical (unpaired) electrons. The van der Waals surface area contributed by atoms with Gasteiger partial charge in [0.1, 0.15) is 0 Å². The zero-order chi connectivity index (χ0) is 9.35. The standard InChI is InChI=1S/C6H12N4O2/c7-4(11)6(9)2-1-3-10(6)5(8)12/h1-3,9H2,(H2,7,11)(H2,8,12). The first-order valence-corrected chi connectivity index (χ1v) is 3.64. The van der Waals surface area contributed by atoms with Gasteiger partial charge in [-0.25, -0.2) is 4.79 Å². The molecule has 1 unspecified atom stereocenters. The van der Waals surface area contributed by atoms with Crippen molar-refractivity contribution in [3.05, 3.63) is 0 Å². The maximum absolute atomic E-state index is 10.9. The van der Waals surface area contributed by atoms with Crippen LogP contribution in [0.5, 0.6) is 0 Å². The van der Waals surface area contributed by atoms with Crippen LogP contribution < -0.4 is 17.2 Å². The van der Waals surface area contributed by atoms with Crippen LogP contribution in [0.25, 0.3) is 0 Å². The van der Waals surface area contributed by atoms with E-state index in [9.17, 15) is 9.59 Å². The molecule has 12 heavy (non-hydrogen) atoms. The summed E-state index contributed by atoms with van der Waals surface area (Å²) in [6.07, 6.45) is 1.04. The molecule has 6 heteroatoms. The van der Waals surface area contributed by atoms with Gasteiger partial charge < -0.3 is 17.2 Å². The van der Waals surface area contributed by atoms with Gasteiger partial charge in [0.2, 0.25) is 0 Å². The largest absolute Gasteiger partial charge is 0.366 e. The van der Waals surface area contributed by atoms with Crippen LogP contribution in [0.1, 0.15) is 12.8 Å². The molecule has 0 aromatic heterocycles. The van der Waals surface area contributed by atoms with E-state index in [1.807, 2.05) is 0 Å². The van der Waals surface area contributed by atoms with Crippen molar-refractivity contribution >= 4 is 11.9 Å². The molecule has 0 saturated carbocycles. The van der Waals surface area contributed by atoms with Crippen LogP contribution in [0.3, 0.4) is 0 Å². The van der Waals surface area contributed by atoms with E-state index in [2.05, 4.69) is 0 Å². The average molecular weight is 172 g/mol. The van der Waals surface area contributed by atoms with Gasteiger partial charge in [-0.15, -0.1) is 0 Å². The molecule has 1 rings (SSSR count). The van der Waals surface area contributed by atoms with Gasteiger partial charge in [-0.1, -0.05) is 0 Å². The topological polar surface area (TPSA) is 115 Å². The van der Waals surface area contributed by atoms with Crippen LogP contribution in [0.4, 0.5) is 4.79 Å². The summed E-state index contributed by atoms with van der Waals surface area (Å²) in [5.74, 6) is -0.709. The summed E-state index contributed by atoms with van der Waals surface area (Å²) in [5.41, 5.74) is 14.3. The average Bonchev–Trinajstić information content (AvgIpc) is 2.32. The fourth-order valence-electron chi connectivity index (χ4n) is 1.40. The number of carbonyl (C=O) groups is 2. The molecule has 6 N–H and O–H groups in total. The molecule has 68 valence electrons. The molecule has 1 saturated heterocycles. The smallest absolute Gasteiger partial charge is 0.316 e. The summed E-state index contributed by atoms with van der Waals surface area (Å²) in [5, 5.41) is 0. The summed E-state index contributed by atoms with van der Waals surface area (Å²) < 4.78 is 0. The van der Waals surface area contributed by atoms with Gasteiger partial charge >= 0.3 is 6.03 Å². The zero-order valence-electron chi connectivity index (χ0n) is 6.62. The Morgan fingerprint density at radius 2 is 1.92 bits per heavy atom. The second kappa shape index (κ2) is 2.63. The number of urea groups is 1. The highest BCUT2D eigenvalue weighted by molar-refractivity contribution is 5.89. The zero-order valence-corrected chi connectivity index (χ0v) is 6.62. The minimum atomic E-state index is -1.37. The Balaban J connectivity index is 2.89. The molecule has 3 amide bonds. The lowest BCUT2D eigenvalue weighted by Crippen LogP contribution is -2.63. The predicted molar refractivity (Wildman–Crippen MR) is 41.6 cm³/mol. The van der Waals surface area contributed by atoms with Gasteiger partial charge in [-0.2, -0.15) is 0 Å². The second-order valence-electron chi connectivity index (χ2n) is 2.88. The van der Waals surface area contributed by atoms with E-state index in [-0.39, 0.29) is 0 Å². The fraction of sp³-hybridized carbons (Fsp3) is 0.667. The Bertz CT molecular complexity index is 230. The minimum absolute atomic E-state index is 0.380. The van der Waals surface area contributed by atoms with Gasteiger partial charge in [0.15, 0.2) is 5.66 Å². The first-order valence-electron chi connectivity index (χ1n) is 3.64. The van der Waals surface area contributed by atoms with Crippen molar-refractivity contribution in [2.45, 2.75) is 18.5 Å². The molecule has 1 fully saturated rings. The third-order valence-electron chi connectivity index (χ3n) is 2.11. The van der Waals surface area contributed by atoms with Crippen LogP contribution in [0, 0.1) is 0 Å². The van der Waals surface area contributed by atoms with Gasteiger partial charge in [0.25, 0.3) is 5.91 Å². The normalized spacial score (nSPS) is 28.9. The summed E-state index contributed by atoms with van der Waals surface area (Å²) in [6.45, 7) is 0.398. The van der Waals surface area contributed by atoms with Crippen molar-refractivity contribution in [3.8, 4) is 0 Å². The number of hydrogen-bond acceptors (Lipinski definition) is 3. The van der Waals surface area contributed by atoms with Gasteiger partial charge in [0, 0.05) is 6.54 Å². The molecule has 0 bridgehead atoms. The number of amides is 3. The lowest BCUT2D eigenvalue weighted by Gasteiger charge is -2.30. The maximum atomic E-state index is 10.9. The molecule has 1 aliphatic rings. The Kier molecular flexibility index (Phi) is 1.93. The van der Waals surface area contributed by atoms with Gasteiger partial charge in [0.05, 0.1) is 0 Å². The Labute approximate surface area is 69.7 Å². The summed E-state index contributed by atoms with van der Waals surface area (Å²) in [7, 11) is 0. The first kappa shape index (κ1) is 8.79. The predicted octanol–water partition coefficient (Wildman–Crippen LogP) is -1.70.